The molecular formula is C18H17ClN4O. The fourth-order valence-electron chi connectivity index (χ4n) is 2.33. The predicted octanol–water partition coefficient (Wildman–Crippen LogP) is 4.63. The Morgan fingerprint density at radius 1 is 1.21 bits per heavy atom. The molecule has 3 rings (SSSR count). The lowest BCUT2D eigenvalue weighted by Gasteiger charge is -2.13. The molecule has 1 heterocycles. The van der Waals surface area contributed by atoms with Gasteiger partial charge in [0.2, 0.25) is 5.95 Å². The Morgan fingerprint density at radius 3 is 2.83 bits per heavy atom. The van der Waals surface area contributed by atoms with E-state index in [0.29, 0.717) is 29.0 Å². The van der Waals surface area contributed by atoms with Crippen molar-refractivity contribution in [3.05, 3.63) is 60.1 Å². The van der Waals surface area contributed by atoms with Crippen LogP contribution in [0.5, 0.6) is 5.75 Å². The molecule has 5 nitrogen and oxygen atoms in total. The molecule has 24 heavy (non-hydrogen) atoms. The van der Waals surface area contributed by atoms with Crippen molar-refractivity contribution in [3.8, 4) is 5.75 Å². The minimum absolute atomic E-state index is 0.459. The summed E-state index contributed by atoms with van der Waals surface area (Å²) in [6.45, 7) is 4.34. The third-order valence-electron chi connectivity index (χ3n) is 3.43. The van der Waals surface area contributed by atoms with Gasteiger partial charge in [-0.05, 0) is 30.3 Å². The van der Waals surface area contributed by atoms with E-state index in [2.05, 4.69) is 27.2 Å². The van der Waals surface area contributed by atoms with Gasteiger partial charge in [0.25, 0.3) is 0 Å². The molecule has 0 bridgehead atoms. The lowest BCUT2D eigenvalue weighted by molar-refractivity contribution is 0.417. The monoisotopic (exact) mass is 340 g/mol. The van der Waals surface area contributed by atoms with Crippen molar-refractivity contribution in [2.75, 3.05) is 24.3 Å². The minimum Gasteiger partial charge on any atom is -0.495 e. The Kier molecular flexibility index (Phi) is 4.82. The summed E-state index contributed by atoms with van der Waals surface area (Å²) in [4.78, 5) is 9.12. The second kappa shape index (κ2) is 7.19. The molecule has 0 unspecified atom stereocenters. The summed E-state index contributed by atoms with van der Waals surface area (Å²) in [6, 6.07) is 13.2. The Balaban J connectivity index is 2.03. The summed E-state index contributed by atoms with van der Waals surface area (Å²) < 4.78 is 5.35. The molecule has 0 aliphatic carbocycles. The third-order valence-corrected chi connectivity index (χ3v) is 3.66. The van der Waals surface area contributed by atoms with Crippen molar-refractivity contribution < 1.29 is 4.74 Å². The van der Waals surface area contributed by atoms with Gasteiger partial charge in [-0.25, -0.2) is 4.98 Å². The van der Waals surface area contributed by atoms with E-state index in [4.69, 9.17) is 16.3 Å². The number of fused-ring (bicyclic) bond motifs is 1. The van der Waals surface area contributed by atoms with E-state index in [1.165, 1.54) is 0 Å². The van der Waals surface area contributed by atoms with Crippen LogP contribution in [-0.2, 0) is 0 Å². The average Bonchev–Trinajstić information content (AvgIpc) is 2.60. The first-order valence-corrected chi connectivity index (χ1v) is 7.81. The van der Waals surface area contributed by atoms with Crippen LogP contribution in [0, 0.1) is 0 Å². The third kappa shape index (κ3) is 3.41. The van der Waals surface area contributed by atoms with Crippen molar-refractivity contribution in [1.82, 2.24) is 9.97 Å². The first-order chi connectivity index (χ1) is 11.7. The summed E-state index contributed by atoms with van der Waals surface area (Å²) in [5.74, 6) is 1.86. The van der Waals surface area contributed by atoms with Crippen molar-refractivity contribution in [2.45, 2.75) is 0 Å². The maximum atomic E-state index is 6.08. The molecule has 0 radical (unpaired) electrons. The highest BCUT2D eigenvalue weighted by Gasteiger charge is 2.10. The van der Waals surface area contributed by atoms with Crippen LogP contribution in [0.25, 0.3) is 10.9 Å². The van der Waals surface area contributed by atoms with Gasteiger partial charge in [-0.3, -0.25) is 0 Å². The second-order valence-corrected chi connectivity index (χ2v) is 5.49. The summed E-state index contributed by atoms with van der Waals surface area (Å²) in [5, 5.41) is 7.96. The molecule has 3 aromatic rings. The number of para-hydroxylation sites is 1. The Hall–Kier alpha value is -2.79. The largest absolute Gasteiger partial charge is 0.495 e. The van der Waals surface area contributed by atoms with Gasteiger partial charge in [-0.15, -0.1) is 6.58 Å². The second-order valence-electron chi connectivity index (χ2n) is 5.05. The van der Waals surface area contributed by atoms with Crippen LogP contribution in [-0.4, -0.2) is 23.6 Å². The van der Waals surface area contributed by atoms with Gasteiger partial charge in [-0.2, -0.15) is 4.98 Å². The highest BCUT2D eigenvalue weighted by atomic mass is 35.5. The molecule has 0 amide bonds. The molecule has 0 atom stereocenters. The van der Waals surface area contributed by atoms with Crippen LogP contribution in [0.4, 0.5) is 17.5 Å². The number of anilines is 3. The predicted molar refractivity (Wildman–Crippen MR) is 99.5 cm³/mol. The molecule has 0 fully saturated rings. The fourth-order valence-corrected chi connectivity index (χ4v) is 2.51. The average molecular weight is 341 g/mol. The first-order valence-electron chi connectivity index (χ1n) is 7.43. The standard InChI is InChI=1S/C18H17ClN4O/c1-3-10-20-17-13-6-4-5-7-14(13)21-18(23-17)22-15-11-12(19)8-9-16(15)24-2/h3-9,11H,1,10H2,2H3,(H2,20,21,22,23). The van der Waals surface area contributed by atoms with Crippen LogP contribution in [0.3, 0.4) is 0 Å². The Morgan fingerprint density at radius 2 is 2.04 bits per heavy atom. The highest BCUT2D eigenvalue weighted by molar-refractivity contribution is 6.31. The van der Waals surface area contributed by atoms with E-state index >= 15 is 0 Å². The lowest BCUT2D eigenvalue weighted by Crippen LogP contribution is -2.05. The van der Waals surface area contributed by atoms with Gasteiger partial charge in [-0.1, -0.05) is 29.8 Å². The number of hydrogen-bond acceptors (Lipinski definition) is 5. The first kappa shape index (κ1) is 16.1. The zero-order valence-corrected chi connectivity index (χ0v) is 14.0. The Bertz CT molecular complexity index is 882. The number of ether oxygens (including phenoxy) is 1. The minimum atomic E-state index is 0.459. The molecule has 122 valence electrons. The summed E-state index contributed by atoms with van der Waals surface area (Å²) in [6.07, 6.45) is 1.78. The van der Waals surface area contributed by atoms with Gasteiger partial charge in [0.05, 0.1) is 18.3 Å². The smallest absolute Gasteiger partial charge is 0.229 e. The van der Waals surface area contributed by atoms with Crippen LogP contribution in [0.1, 0.15) is 0 Å². The number of halogens is 1. The zero-order valence-electron chi connectivity index (χ0n) is 13.2. The number of hydrogen-bond donors (Lipinski definition) is 2. The van der Waals surface area contributed by atoms with E-state index in [1.54, 1.807) is 31.4 Å². The molecular weight excluding hydrogens is 324 g/mol. The topological polar surface area (TPSA) is 59.1 Å². The van der Waals surface area contributed by atoms with Gasteiger partial charge < -0.3 is 15.4 Å². The number of methoxy groups -OCH3 is 1. The van der Waals surface area contributed by atoms with Crippen molar-refractivity contribution in [1.29, 1.82) is 0 Å². The molecule has 0 spiro atoms. The quantitative estimate of drug-likeness (QED) is 0.640. The van der Waals surface area contributed by atoms with Crippen molar-refractivity contribution >= 4 is 40.0 Å². The van der Waals surface area contributed by atoms with E-state index in [1.807, 2.05) is 24.3 Å². The van der Waals surface area contributed by atoms with Crippen molar-refractivity contribution in [3.63, 3.8) is 0 Å². The van der Waals surface area contributed by atoms with Crippen LogP contribution < -0.4 is 15.4 Å². The summed E-state index contributed by atoms with van der Waals surface area (Å²) in [7, 11) is 1.60. The summed E-state index contributed by atoms with van der Waals surface area (Å²) >= 11 is 6.08. The molecule has 2 N–H and O–H groups in total. The summed E-state index contributed by atoms with van der Waals surface area (Å²) in [5.41, 5.74) is 1.54. The fraction of sp³-hybridized carbons (Fsp3) is 0.111. The van der Waals surface area contributed by atoms with Crippen LogP contribution in [0.2, 0.25) is 5.02 Å². The number of rotatable bonds is 6. The van der Waals surface area contributed by atoms with Gasteiger partial charge in [0.15, 0.2) is 0 Å². The zero-order chi connectivity index (χ0) is 16.9. The maximum absolute atomic E-state index is 6.08. The van der Waals surface area contributed by atoms with Gasteiger partial charge >= 0.3 is 0 Å². The van der Waals surface area contributed by atoms with Crippen molar-refractivity contribution in [2.24, 2.45) is 0 Å². The molecule has 0 aliphatic rings. The van der Waals surface area contributed by atoms with Gasteiger partial charge in [0.1, 0.15) is 11.6 Å². The van der Waals surface area contributed by atoms with E-state index in [9.17, 15) is 0 Å². The number of nitrogens with one attached hydrogen (secondary N) is 2. The van der Waals surface area contributed by atoms with E-state index in [-0.39, 0.29) is 0 Å². The highest BCUT2D eigenvalue weighted by Crippen LogP contribution is 2.31. The number of nitrogens with zero attached hydrogens (tertiary/aromatic N) is 2. The molecule has 2 aromatic carbocycles. The van der Waals surface area contributed by atoms with Crippen LogP contribution in [0.15, 0.2) is 55.1 Å². The Labute approximate surface area is 145 Å². The molecule has 1 aromatic heterocycles. The number of aromatic nitrogens is 2. The van der Waals surface area contributed by atoms with Gasteiger partial charge in [0, 0.05) is 17.0 Å². The molecule has 6 heteroatoms. The maximum Gasteiger partial charge on any atom is 0.229 e. The normalized spacial score (nSPS) is 10.4. The number of benzene rings is 2. The lowest BCUT2D eigenvalue weighted by atomic mass is 10.2. The molecule has 0 saturated carbocycles. The molecule has 0 aliphatic heterocycles. The van der Waals surface area contributed by atoms with Crippen LogP contribution >= 0.6 is 11.6 Å². The molecule has 0 saturated heterocycles. The van der Waals surface area contributed by atoms with E-state index in [0.717, 1.165) is 16.7 Å². The van der Waals surface area contributed by atoms with E-state index < -0.39 is 0 Å². The SMILES string of the molecule is C=CCNc1nc(Nc2cc(Cl)ccc2OC)nc2ccccc12.